The zero-order chi connectivity index (χ0) is 17.5. The van der Waals surface area contributed by atoms with E-state index in [1.165, 1.54) is 4.57 Å². The van der Waals surface area contributed by atoms with E-state index in [0.717, 1.165) is 5.39 Å². The van der Waals surface area contributed by atoms with Crippen LogP contribution in [0.1, 0.15) is 20.3 Å². The number of nitrogens with zero attached hydrogens (tertiary/aromatic N) is 1. The molecule has 1 amide bonds. The highest BCUT2D eigenvalue weighted by Crippen LogP contribution is 2.08. The van der Waals surface area contributed by atoms with Crippen LogP contribution >= 0.6 is 0 Å². The van der Waals surface area contributed by atoms with Crippen molar-refractivity contribution in [2.75, 3.05) is 13.2 Å². The van der Waals surface area contributed by atoms with Gasteiger partial charge >= 0.3 is 5.97 Å². The fourth-order valence-corrected chi connectivity index (χ4v) is 2.43. The van der Waals surface area contributed by atoms with Crippen molar-refractivity contribution in [3.8, 4) is 0 Å². The number of fused-ring (bicyclic) bond motifs is 1. The van der Waals surface area contributed by atoms with Gasteiger partial charge in [0.15, 0.2) is 0 Å². The van der Waals surface area contributed by atoms with Crippen LogP contribution in [0.15, 0.2) is 41.3 Å². The molecule has 0 radical (unpaired) electrons. The van der Waals surface area contributed by atoms with Crippen LogP contribution in [0, 0.1) is 5.92 Å². The number of aromatic nitrogens is 1. The second-order valence-corrected chi connectivity index (χ2v) is 5.75. The average molecular weight is 330 g/mol. The van der Waals surface area contributed by atoms with Crippen molar-refractivity contribution < 1.29 is 14.3 Å². The first-order valence-corrected chi connectivity index (χ1v) is 8.01. The smallest absolute Gasteiger partial charge is 0.306 e. The van der Waals surface area contributed by atoms with E-state index in [1.54, 1.807) is 25.3 Å². The Morgan fingerprint density at radius 2 is 2.00 bits per heavy atom. The summed E-state index contributed by atoms with van der Waals surface area (Å²) < 4.78 is 6.26. The molecule has 6 heteroatoms. The molecule has 6 nitrogen and oxygen atoms in total. The molecule has 0 saturated heterocycles. The maximum atomic E-state index is 12.3. The number of hydrogen-bond donors (Lipinski definition) is 1. The van der Waals surface area contributed by atoms with Gasteiger partial charge in [0.1, 0.15) is 6.54 Å². The number of benzene rings is 1. The van der Waals surface area contributed by atoms with Gasteiger partial charge in [-0.25, -0.2) is 0 Å². The maximum Gasteiger partial charge on any atom is 0.306 e. The monoisotopic (exact) mass is 330 g/mol. The highest BCUT2D eigenvalue weighted by atomic mass is 16.5. The Hall–Kier alpha value is -2.63. The van der Waals surface area contributed by atoms with Gasteiger partial charge in [-0.2, -0.15) is 0 Å². The molecule has 1 aromatic carbocycles. The quantitative estimate of drug-likeness (QED) is 0.784. The fourth-order valence-electron chi connectivity index (χ4n) is 2.43. The predicted molar refractivity (Wildman–Crippen MR) is 91.6 cm³/mol. The number of hydrogen-bond acceptors (Lipinski definition) is 4. The summed E-state index contributed by atoms with van der Waals surface area (Å²) in [4.78, 5) is 35.7. The van der Waals surface area contributed by atoms with Gasteiger partial charge in [-0.1, -0.05) is 25.1 Å². The van der Waals surface area contributed by atoms with Crippen LogP contribution in [0.25, 0.3) is 10.8 Å². The van der Waals surface area contributed by atoms with E-state index < -0.39 is 0 Å². The van der Waals surface area contributed by atoms with Gasteiger partial charge in [0.05, 0.1) is 6.61 Å². The van der Waals surface area contributed by atoms with Crippen molar-refractivity contribution >= 4 is 22.6 Å². The van der Waals surface area contributed by atoms with Crippen molar-refractivity contribution in [3.63, 3.8) is 0 Å². The SMILES string of the molecule is CCOC(=O)CC(C)CNC(=O)Cn1ccc2ccccc2c1=O. The van der Waals surface area contributed by atoms with Gasteiger partial charge in [0.2, 0.25) is 5.91 Å². The zero-order valence-corrected chi connectivity index (χ0v) is 14.0. The first kappa shape index (κ1) is 17.7. The van der Waals surface area contributed by atoms with E-state index >= 15 is 0 Å². The Kier molecular flexibility index (Phi) is 6.12. The average Bonchev–Trinajstić information content (AvgIpc) is 2.56. The number of rotatable bonds is 7. The van der Waals surface area contributed by atoms with Gasteiger partial charge in [-0.15, -0.1) is 0 Å². The molecule has 1 atom stereocenters. The van der Waals surface area contributed by atoms with E-state index in [2.05, 4.69) is 5.32 Å². The number of pyridine rings is 1. The van der Waals surface area contributed by atoms with Gasteiger partial charge in [-0.3, -0.25) is 14.4 Å². The molecule has 0 bridgehead atoms. The van der Waals surface area contributed by atoms with Gasteiger partial charge in [0.25, 0.3) is 5.56 Å². The Morgan fingerprint density at radius 3 is 2.75 bits per heavy atom. The van der Waals surface area contributed by atoms with Crippen LogP contribution in [-0.4, -0.2) is 29.6 Å². The van der Waals surface area contributed by atoms with Crippen LogP contribution in [0.3, 0.4) is 0 Å². The lowest BCUT2D eigenvalue weighted by Gasteiger charge is -2.13. The molecule has 2 rings (SSSR count). The molecule has 1 aromatic heterocycles. The second kappa shape index (κ2) is 8.29. The van der Waals surface area contributed by atoms with Crippen molar-refractivity contribution in [1.29, 1.82) is 0 Å². The lowest BCUT2D eigenvalue weighted by molar-refractivity contribution is -0.144. The second-order valence-electron chi connectivity index (χ2n) is 5.75. The van der Waals surface area contributed by atoms with Crippen LogP contribution in [0.5, 0.6) is 0 Å². The summed E-state index contributed by atoms with van der Waals surface area (Å²) in [6, 6.07) is 9.08. The van der Waals surface area contributed by atoms with Crippen molar-refractivity contribution in [2.24, 2.45) is 5.92 Å². The number of ether oxygens (including phenoxy) is 1. The topological polar surface area (TPSA) is 77.4 Å². The van der Waals surface area contributed by atoms with Gasteiger partial charge in [0, 0.05) is 24.5 Å². The van der Waals surface area contributed by atoms with Gasteiger partial charge in [-0.05, 0) is 30.4 Å². The van der Waals surface area contributed by atoms with Crippen LogP contribution < -0.4 is 10.9 Å². The largest absolute Gasteiger partial charge is 0.466 e. The minimum Gasteiger partial charge on any atom is -0.466 e. The first-order chi connectivity index (χ1) is 11.5. The number of carbonyl (C=O) groups is 2. The molecular formula is C18H22N2O4. The van der Waals surface area contributed by atoms with E-state index in [4.69, 9.17) is 4.74 Å². The molecule has 128 valence electrons. The number of amides is 1. The summed E-state index contributed by atoms with van der Waals surface area (Å²) >= 11 is 0. The highest BCUT2D eigenvalue weighted by molar-refractivity contribution is 5.82. The zero-order valence-electron chi connectivity index (χ0n) is 14.0. The summed E-state index contributed by atoms with van der Waals surface area (Å²) in [5, 5.41) is 4.18. The van der Waals surface area contributed by atoms with Crippen LogP contribution in [0.4, 0.5) is 0 Å². The minimum atomic E-state index is -0.273. The maximum absolute atomic E-state index is 12.3. The highest BCUT2D eigenvalue weighted by Gasteiger charge is 2.12. The van der Waals surface area contributed by atoms with Crippen LogP contribution in [0.2, 0.25) is 0 Å². The molecule has 0 saturated carbocycles. The molecular weight excluding hydrogens is 308 g/mol. The molecule has 24 heavy (non-hydrogen) atoms. The third-order valence-electron chi connectivity index (χ3n) is 3.67. The summed E-state index contributed by atoms with van der Waals surface area (Å²) in [7, 11) is 0. The molecule has 0 aliphatic heterocycles. The summed E-state index contributed by atoms with van der Waals surface area (Å²) in [6.07, 6.45) is 1.87. The molecule has 0 aliphatic carbocycles. The lowest BCUT2D eigenvalue weighted by Crippen LogP contribution is -2.35. The van der Waals surface area contributed by atoms with E-state index in [1.807, 2.05) is 25.1 Å². The van der Waals surface area contributed by atoms with Crippen molar-refractivity contribution in [1.82, 2.24) is 9.88 Å². The molecule has 2 aromatic rings. The van der Waals surface area contributed by atoms with E-state index in [9.17, 15) is 14.4 Å². The third kappa shape index (κ3) is 4.68. The lowest BCUT2D eigenvalue weighted by atomic mass is 10.1. The summed E-state index contributed by atoms with van der Waals surface area (Å²) in [6.45, 7) is 4.28. The number of esters is 1. The third-order valence-corrected chi connectivity index (χ3v) is 3.67. The molecule has 1 unspecified atom stereocenters. The van der Waals surface area contributed by atoms with E-state index in [0.29, 0.717) is 18.5 Å². The first-order valence-electron chi connectivity index (χ1n) is 8.01. The van der Waals surface area contributed by atoms with Crippen molar-refractivity contribution in [2.45, 2.75) is 26.8 Å². The van der Waals surface area contributed by atoms with Crippen LogP contribution in [-0.2, 0) is 20.9 Å². The Balaban J connectivity index is 1.92. The van der Waals surface area contributed by atoms with E-state index in [-0.39, 0.29) is 36.3 Å². The Bertz CT molecular complexity index is 782. The van der Waals surface area contributed by atoms with Gasteiger partial charge < -0.3 is 14.6 Å². The molecule has 1 heterocycles. The fraction of sp³-hybridized carbons (Fsp3) is 0.389. The molecule has 0 spiro atoms. The summed E-state index contributed by atoms with van der Waals surface area (Å²) in [5.74, 6) is -0.561. The molecule has 1 N–H and O–H groups in total. The summed E-state index contributed by atoms with van der Waals surface area (Å²) in [5.41, 5.74) is -0.192. The normalized spacial score (nSPS) is 11.9. The Morgan fingerprint density at radius 1 is 1.25 bits per heavy atom. The number of carbonyl (C=O) groups excluding carboxylic acids is 2. The predicted octanol–water partition coefficient (Wildman–Crippen LogP) is 1.71. The molecule has 0 aliphatic rings. The Labute approximate surface area is 140 Å². The van der Waals surface area contributed by atoms with Crippen molar-refractivity contribution in [3.05, 3.63) is 46.9 Å². The minimum absolute atomic E-state index is 0.0266. The number of nitrogens with one attached hydrogen (secondary N) is 1. The standard InChI is InChI=1S/C18H22N2O4/c1-3-24-17(22)10-13(2)11-19-16(21)12-20-9-8-14-6-4-5-7-15(14)18(20)23/h4-9,13H,3,10-12H2,1-2H3,(H,19,21). The molecule has 0 fully saturated rings.